The van der Waals surface area contributed by atoms with Gasteiger partial charge >= 0.3 is 0 Å². The number of fused-ring (bicyclic) bond motifs is 7. The maximum Gasteiger partial charge on any atom is 0.264 e. The summed E-state index contributed by atoms with van der Waals surface area (Å²) in [5.74, 6) is -0.434. The molecule has 0 saturated heterocycles. The molecule has 1 aliphatic rings. The van der Waals surface area contributed by atoms with Gasteiger partial charge in [0, 0.05) is 39.2 Å². The number of hydrogen-bond donors (Lipinski definition) is 0. The number of carbonyl (C=O) groups excluding carboxylic acids is 2. The Hall–Kier alpha value is -5.62. The zero-order valence-electron chi connectivity index (χ0n) is 25.2. The van der Waals surface area contributed by atoms with Crippen LogP contribution >= 0.6 is 0 Å². The first-order chi connectivity index (χ1) is 22.5. The molecule has 7 aromatic carbocycles. The van der Waals surface area contributed by atoms with Crippen LogP contribution in [0.3, 0.4) is 0 Å². The van der Waals surface area contributed by atoms with Crippen molar-refractivity contribution in [2.75, 3.05) is 6.54 Å². The van der Waals surface area contributed by atoms with Crippen molar-refractivity contribution in [3.63, 3.8) is 0 Å². The molecule has 10 rings (SSSR count). The van der Waals surface area contributed by atoms with Gasteiger partial charge in [0.2, 0.25) is 0 Å². The molecular formula is C40H27N3O3. The van der Waals surface area contributed by atoms with E-state index in [0.29, 0.717) is 28.7 Å². The molecule has 0 bridgehead atoms. The number of hydrogen-bond acceptors (Lipinski definition) is 4. The lowest BCUT2D eigenvalue weighted by Gasteiger charge is -2.28. The first-order valence-electron chi connectivity index (χ1n) is 16.1. The summed E-state index contributed by atoms with van der Waals surface area (Å²) in [6, 6.07) is 28.2. The van der Waals surface area contributed by atoms with Gasteiger partial charge in [-0.25, -0.2) is 4.98 Å². The number of pyridine rings is 1. The van der Waals surface area contributed by atoms with Crippen molar-refractivity contribution < 1.29 is 9.59 Å². The summed E-state index contributed by atoms with van der Waals surface area (Å²) >= 11 is 0. The lowest BCUT2D eigenvalue weighted by molar-refractivity contribution is 0.0608. The van der Waals surface area contributed by atoms with E-state index in [4.69, 9.17) is 4.98 Å². The molecule has 1 aliphatic heterocycles. The van der Waals surface area contributed by atoms with Crippen molar-refractivity contribution in [3.05, 3.63) is 106 Å². The molecule has 0 radical (unpaired) electrons. The molecule has 0 fully saturated rings. The first-order valence-corrected chi connectivity index (χ1v) is 16.1. The van der Waals surface area contributed by atoms with Gasteiger partial charge in [0.05, 0.1) is 11.0 Å². The van der Waals surface area contributed by atoms with E-state index in [2.05, 4.69) is 43.3 Å². The monoisotopic (exact) mass is 597 g/mol. The molecular weight excluding hydrogens is 570 g/mol. The third-order valence-electron chi connectivity index (χ3n) is 10.3. The Bertz CT molecular complexity index is 2800. The molecule has 0 N–H and O–H groups in total. The van der Waals surface area contributed by atoms with Crippen LogP contribution in [0, 0.1) is 0 Å². The van der Waals surface area contributed by atoms with Gasteiger partial charge < -0.3 is 0 Å². The number of imidazole rings is 1. The van der Waals surface area contributed by atoms with E-state index < -0.39 is 0 Å². The quantitative estimate of drug-likeness (QED) is 0.0860. The fraction of sp³-hybridized carbons (Fsp3) is 0.150. The molecule has 0 unspecified atom stereocenters. The zero-order chi connectivity index (χ0) is 30.8. The van der Waals surface area contributed by atoms with Crippen molar-refractivity contribution >= 4 is 93.1 Å². The number of unbranched alkanes of at least 4 members (excludes halogenated alkanes) is 3. The summed E-state index contributed by atoms with van der Waals surface area (Å²) in [5, 5.41) is 11.2. The molecule has 0 atom stereocenters. The smallest absolute Gasteiger partial charge is 0.264 e. The highest BCUT2D eigenvalue weighted by Gasteiger charge is 2.34. The summed E-state index contributed by atoms with van der Waals surface area (Å²) in [6.45, 7) is 2.58. The van der Waals surface area contributed by atoms with Gasteiger partial charge in [-0.15, -0.1) is 0 Å². The highest BCUT2D eigenvalue weighted by atomic mass is 16.2. The average molecular weight is 598 g/mol. The maximum absolute atomic E-state index is 14.3. The zero-order valence-corrected chi connectivity index (χ0v) is 25.2. The van der Waals surface area contributed by atoms with E-state index in [-0.39, 0.29) is 17.4 Å². The van der Waals surface area contributed by atoms with Crippen LogP contribution in [0.5, 0.6) is 0 Å². The number of rotatable bonds is 5. The molecule has 46 heavy (non-hydrogen) atoms. The summed E-state index contributed by atoms with van der Waals surface area (Å²) in [7, 11) is 0. The second kappa shape index (κ2) is 8.98. The minimum atomic E-state index is -0.217. The predicted molar refractivity (Wildman–Crippen MR) is 186 cm³/mol. The molecule has 9 aromatic rings. The summed E-state index contributed by atoms with van der Waals surface area (Å²) in [4.78, 5) is 48.2. The van der Waals surface area contributed by atoms with Crippen LogP contribution in [-0.2, 0) is 0 Å². The van der Waals surface area contributed by atoms with E-state index >= 15 is 0 Å². The van der Waals surface area contributed by atoms with E-state index in [1.54, 1.807) is 4.40 Å². The van der Waals surface area contributed by atoms with Crippen molar-refractivity contribution in [2.24, 2.45) is 0 Å². The number of aromatic nitrogens is 2. The first kappa shape index (κ1) is 25.7. The highest BCUT2D eigenvalue weighted by molar-refractivity contribution is 6.41. The Kier molecular flexibility index (Phi) is 5.01. The molecule has 6 heteroatoms. The normalized spacial score (nSPS) is 13.9. The van der Waals surface area contributed by atoms with E-state index in [9.17, 15) is 14.4 Å². The third kappa shape index (κ3) is 3.11. The van der Waals surface area contributed by atoms with Crippen molar-refractivity contribution in [1.29, 1.82) is 0 Å². The maximum atomic E-state index is 14.3. The topological polar surface area (TPSA) is 71.8 Å². The Morgan fingerprint density at radius 1 is 0.587 bits per heavy atom. The Morgan fingerprint density at radius 3 is 1.83 bits per heavy atom. The highest BCUT2D eigenvalue weighted by Crippen LogP contribution is 2.46. The van der Waals surface area contributed by atoms with Gasteiger partial charge in [0.15, 0.2) is 0 Å². The molecule has 2 amide bonds. The molecule has 6 nitrogen and oxygen atoms in total. The molecule has 2 aromatic heterocycles. The summed E-state index contributed by atoms with van der Waals surface area (Å²) in [6.07, 6.45) is 3.99. The van der Waals surface area contributed by atoms with Gasteiger partial charge in [-0.1, -0.05) is 74.7 Å². The van der Waals surface area contributed by atoms with Crippen LogP contribution in [0.4, 0.5) is 0 Å². The fourth-order valence-electron chi connectivity index (χ4n) is 8.16. The van der Waals surface area contributed by atoms with Crippen molar-refractivity contribution in [3.8, 4) is 0 Å². The minimum Gasteiger partial charge on any atom is -0.274 e. The number of benzene rings is 7. The number of amides is 2. The van der Waals surface area contributed by atoms with Crippen LogP contribution in [0.2, 0.25) is 0 Å². The third-order valence-corrected chi connectivity index (χ3v) is 10.3. The Labute approximate surface area is 262 Å². The molecule has 0 aliphatic carbocycles. The largest absolute Gasteiger partial charge is 0.274 e. The van der Waals surface area contributed by atoms with Gasteiger partial charge in [0.1, 0.15) is 5.65 Å². The van der Waals surface area contributed by atoms with Crippen LogP contribution in [0.25, 0.3) is 81.3 Å². The van der Waals surface area contributed by atoms with E-state index in [1.807, 2.05) is 48.5 Å². The van der Waals surface area contributed by atoms with Crippen LogP contribution < -0.4 is 5.56 Å². The predicted octanol–water partition coefficient (Wildman–Crippen LogP) is 8.82. The Balaban J connectivity index is 1.28. The molecule has 0 saturated carbocycles. The second-order valence-corrected chi connectivity index (χ2v) is 12.7. The van der Waals surface area contributed by atoms with E-state index in [1.165, 1.54) is 4.90 Å². The van der Waals surface area contributed by atoms with Crippen LogP contribution in [0.1, 0.15) is 53.3 Å². The molecule has 220 valence electrons. The van der Waals surface area contributed by atoms with Gasteiger partial charge in [-0.3, -0.25) is 23.7 Å². The fourth-order valence-corrected chi connectivity index (χ4v) is 8.16. The number of nitrogens with zero attached hydrogens (tertiary/aromatic N) is 3. The molecule has 0 spiro atoms. The number of imide groups is 1. The SMILES string of the molecule is CCCCCCN1C(=O)c2ccc3c4ccc5c(=O)n6c7cc8ccccc8cc7nc6c6ccc(c7ccc(c2c37)C1=O)c4c56. The lowest BCUT2D eigenvalue weighted by atomic mass is 9.84. The lowest BCUT2D eigenvalue weighted by Crippen LogP contribution is -2.40. The Morgan fingerprint density at radius 2 is 1.15 bits per heavy atom. The van der Waals surface area contributed by atoms with Gasteiger partial charge in [-0.2, -0.15) is 0 Å². The van der Waals surface area contributed by atoms with Crippen molar-refractivity contribution in [1.82, 2.24) is 14.3 Å². The van der Waals surface area contributed by atoms with Crippen LogP contribution in [-0.4, -0.2) is 32.6 Å². The van der Waals surface area contributed by atoms with Gasteiger partial charge in [-0.05, 0) is 85.9 Å². The second-order valence-electron chi connectivity index (χ2n) is 12.7. The average Bonchev–Trinajstić information content (AvgIpc) is 3.46. The van der Waals surface area contributed by atoms with E-state index in [0.717, 1.165) is 96.0 Å². The van der Waals surface area contributed by atoms with Gasteiger partial charge in [0.25, 0.3) is 17.4 Å². The van der Waals surface area contributed by atoms with Crippen molar-refractivity contribution in [2.45, 2.75) is 32.6 Å². The number of carbonyl (C=O) groups is 2. The molecule has 3 heterocycles. The summed E-state index contributed by atoms with van der Waals surface area (Å²) < 4.78 is 1.76. The standard InChI is InChI=1S/C40H27N3O3/c1-2-3-4-7-18-42-38(44)28-15-11-25-23-10-14-27-35-30(17-13-24(33(23)35)26-12-16-29(39(42)45)36(28)34(25)26)40(46)43-32-20-22-9-6-5-8-21(22)19-31(32)41-37(27)43/h5-6,8-17,19-20H,2-4,7,18H2,1H3. The summed E-state index contributed by atoms with van der Waals surface area (Å²) in [5.41, 5.74) is 3.31. The minimum absolute atomic E-state index is 0.0877. The van der Waals surface area contributed by atoms with Crippen LogP contribution in [0.15, 0.2) is 89.7 Å².